The van der Waals surface area contributed by atoms with Crippen molar-refractivity contribution in [1.82, 2.24) is 9.30 Å². The molecule has 4 rings (SSSR count). The van der Waals surface area contributed by atoms with E-state index >= 15 is 0 Å². The summed E-state index contributed by atoms with van der Waals surface area (Å²) < 4.78 is 4.13. The molecule has 2 aromatic rings. The molecule has 2 aromatic heterocycles. The monoisotopic (exact) mass is 394 g/mol. The molecule has 0 spiro atoms. The van der Waals surface area contributed by atoms with Gasteiger partial charge in [-0.15, -0.1) is 11.8 Å². The molecule has 2 aliphatic rings. The smallest absolute Gasteiger partial charge is 0.353 e. The van der Waals surface area contributed by atoms with Crippen LogP contribution in [-0.4, -0.2) is 43.5 Å². The number of carboxylic acid groups (broad SMARTS) is 1. The van der Waals surface area contributed by atoms with E-state index in [2.05, 4.69) is 9.78 Å². The van der Waals surface area contributed by atoms with Gasteiger partial charge in [-0.3, -0.25) is 4.79 Å². The van der Waals surface area contributed by atoms with Gasteiger partial charge in [-0.25, -0.2) is 9.36 Å². The largest absolute Gasteiger partial charge is 0.477 e. The first kappa shape index (κ1) is 17.6. The molecule has 0 aromatic carbocycles. The van der Waals surface area contributed by atoms with E-state index in [1.807, 2.05) is 30.9 Å². The van der Waals surface area contributed by atoms with E-state index in [-0.39, 0.29) is 23.6 Å². The number of carbonyl (C=O) groups is 2. The van der Waals surface area contributed by atoms with Crippen molar-refractivity contribution in [2.75, 3.05) is 0 Å². The lowest BCUT2D eigenvalue weighted by Gasteiger charge is -2.46. The first-order chi connectivity index (χ1) is 12.3. The minimum atomic E-state index is -1.08. The minimum absolute atomic E-state index is 0.0823. The summed E-state index contributed by atoms with van der Waals surface area (Å²) >= 11 is 3.11. The third kappa shape index (κ3) is 2.34. The predicted molar refractivity (Wildman–Crippen MR) is 97.4 cm³/mol. The summed E-state index contributed by atoms with van der Waals surface area (Å²) in [4.78, 5) is 27.4. The van der Waals surface area contributed by atoms with Crippen LogP contribution in [0.5, 0.6) is 0 Å². The number of aliphatic hydroxyl groups excluding tert-OH is 1. The maximum atomic E-state index is 12.4. The van der Waals surface area contributed by atoms with Gasteiger partial charge in [0.2, 0.25) is 5.91 Å². The van der Waals surface area contributed by atoms with Gasteiger partial charge in [-0.2, -0.15) is 4.40 Å². The summed E-state index contributed by atoms with van der Waals surface area (Å²) in [5, 5.41) is 21.6. The van der Waals surface area contributed by atoms with E-state index in [1.54, 1.807) is 18.3 Å². The maximum absolute atomic E-state index is 12.4. The highest BCUT2D eigenvalue weighted by Gasteiger charge is 2.59. The Morgan fingerprint density at radius 3 is 2.88 bits per heavy atom. The van der Waals surface area contributed by atoms with E-state index in [4.69, 9.17) is 0 Å². The first-order valence-electron chi connectivity index (χ1n) is 8.37. The molecule has 7 nitrogen and oxygen atoms in total. The normalized spacial score (nSPS) is 26.4. The Hall–Kier alpha value is -1.84. The van der Waals surface area contributed by atoms with Crippen molar-refractivity contribution >= 4 is 39.9 Å². The average Bonchev–Trinajstić information content (AvgIpc) is 3.19. The fraction of sp³-hybridized carbons (Fsp3) is 0.471. The quantitative estimate of drug-likeness (QED) is 0.588. The highest BCUT2D eigenvalue weighted by molar-refractivity contribution is 8.02. The summed E-state index contributed by atoms with van der Waals surface area (Å²) in [7, 11) is 1.99. The molecular weight excluding hydrogens is 374 g/mol. The fourth-order valence-corrected chi connectivity index (χ4v) is 6.28. The van der Waals surface area contributed by atoms with Crippen LogP contribution < -0.4 is 4.57 Å². The number of aliphatic hydroxyl groups is 1. The van der Waals surface area contributed by atoms with Crippen LogP contribution in [0.15, 0.2) is 28.4 Å². The Balaban J connectivity index is 1.62. The van der Waals surface area contributed by atoms with Crippen molar-refractivity contribution in [1.29, 1.82) is 0 Å². The van der Waals surface area contributed by atoms with Crippen molar-refractivity contribution < 1.29 is 24.4 Å². The lowest BCUT2D eigenvalue weighted by atomic mass is 9.79. The molecule has 0 unspecified atom stereocenters. The van der Waals surface area contributed by atoms with E-state index in [1.165, 1.54) is 16.7 Å². The van der Waals surface area contributed by atoms with Gasteiger partial charge in [0.15, 0.2) is 0 Å². The predicted octanol–water partition coefficient (Wildman–Crippen LogP) is 1.21. The number of β-lactam (4-membered cyclic amide) rings is 1. The van der Waals surface area contributed by atoms with E-state index < -0.39 is 18.0 Å². The molecule has 1 fully saturated rings. The second-order valence-electron chi connectivity index (χ2n) is 6.85. The SMILES string of the molecule is C[C@@H](O)[C@H]1C(=O)N2C(C(=O)O)=C(SCc3csc4n3cc[n+]4C)[C@H](C)[C@H]12. The summed E-state index contributed by atoms with van der Waals surface area (Å²) in [6.07, 6.45) is 3.20. The van der Waals surface area contributed by atoms with Crippen molar-refractivity contribution in [3.8, 4) is 0 Å². The van der Waals surface area contributed by atoms with Crippen LogP contribution in [0.25, 0.3) is 4.96 Å². The molecule has 4 heterocycles. The van der Waals surface area contributed by atoms with Gasteiger partial charge >= 0.3 is 10.9 Å². The van der Waals surface area contributed by atoms with Crippen LogP contribution in [0.1, 0.15) is 19.5 Å². The molecule has 0 saturated carbocycles. The second-order valence-corrected chi connectivity index (χ2v) is 8.70. The zero-order chi connectivity index (χ0) is 18.7. The number of amides is 1. The van der Waals surface area contributed by atoms with E-state index in [0.717, 1.165) is 15.6 Å². The topological polar surface area (TPSA) is 86.1 Å². The molecule has 2 aliphatic heterocycles. The van der Waals surface area contributed by atoms with Gasteiger partial charge in [0, 0.05) is 16.2 Å². The molecule has 1 amide bonds. The number of aromatic nitrogens is 2. The molecule has 0 aliphatic carbocycles. The highest BCUT2D eigenvalue weighted by Crippen LogP contribution is 2.51. The van der Waals surface area contributed by atoms with E-state index in [9.17, 15) is 19.8 Å². The van der Waals surface area contributed by atoms with Crippen LogP contribution in [0.3, 0.4) is 0 Å². The van der Waals surface area contributed by atoms with Gasteiger partial charge < -0.3 is 15.1 Å². The maximum Gasteiger partial charge on any atom is 0.353 e. The number of fused-ring (bicyclic) bond motifs is 2. The molecule has 1 saturated heterocycles. The van der Waals surface area contributed by atoms with Gasteiger partial charge in [0.1, 0.15) is 23.8 Å². The van der Waals surface area contributed by atoms with Crippen molar-refractivity contribution in [2.45, 2.75) is 31.7 Å². The van der Waals surface area contributed by atoms with Crippen LogP contribution in [-0.2, 0) is 22.4 Å². The van der Waals surface area contributed by atoms with Gasteiger partial charge in [0.05, 0.1) is 30.9 Å². The number of aryl methyl sites for hydroxylation is 1. The van der Waals surface area contributed by atoms with Crippen molar-refractivity contribution in [3.63, 3.8) is 0 Å². The molecule has 4 atom stereocenters. The van der Waals surface area contributed by atoms with Crippen molar-refractivity contribution in [3.05, 3.63) is 34.1 Å². The summed E-state index contributed by atoms with van der Waals surface area (Å²) in [5.74, 6) is -1.37. The summed E-state index contributed by atoms with van der Waals surface area (Å²) in [5.41, 5.74) is 1.17. The third-order valence-corrected chi connectivity index (χ3v) is 7.65. The van der Waals surface area contributed by atoms with Crippen molar-refractivity contribution in [2.24, 2.45) is 18.9 Å². The molecule has 9 heteroatoms. The molecule has 138 valence electrons. The number of rotatable bonds is 5. The van der Waals surface area contributed by atoms with Crippen LogP contribution in [0.4, 0.5) is 0 Å². The van der Waals surface area contributed by atoms with Gasteiger partial charge in [-0.05, 0) is 6.92 Å². The number of aliphatic carboxylic acids is 1. The Morgan fingerprint density at radius 2 is 2.23 bits per heavy atom. The summed E-state index contributed by atoms with van der Waals surface area (Å²) in [6.45, 7) is 3.53. The van der Waals surface area contributed by atoms with Gasteiger partial charge in [-0.1, -0.05) is 18.3 Å². The molecule has 0 radical (unpaired) electrons. The number of imidazole rings is 1. The molecule has 2 N–H and O–H groups in total. The number of nitrogens with zero attached hydrogens (tertiary/aromatic N) is 3. The van der Waals surface area contributed by atoms with Gasteiger partial charge in [0.25, 0.3) is 0 Å². The number of carbonyl (C=O) groups excluding carboxylic acids is 1. The Bertz CT molecular complexity index is 945. The number of hydrogen-bond acceptors (Lipinski definition) is 5. The minimum Gasteiger partial charge on any atom is -0.477 e. The lowest BCUT2D eigenvalue weighted by molar-refractivity contribution is -0.642. The number of thioether (sulfide) groups is 1. The fourth-order valence-electron chi connectivity index (χ4n) is 3.97. The van der Waals surface area contributed by atoms with Crippen LogP contribution in [0.2, 0.25) is 0 Å². The second kappa shape index (κ2) is 6.11. The van der Waals surface area contributed by atoms with Crippen LogP contribution in [0, 0.1) is 11.8 Å². The summed E-state index contributed by atoms with van der Waals surface area (Å²) in [6, 6.07) is -0.261. The zero-order valence-corrected chi connectivity index (χ0v) is 16.3. The standard InChI is InChI=1S/C17H19N3O4S2/c1-8-12-11(9(2)21)15(22)20(12)13(16(23)24)14(8)25-6-10-7-26-17-18(3)4-5-19(10)17/h4-5,7-9,11-12,21H,6H2,1-3H3/p+1/t8-,9-,11-,12-/m1/s1. The highest BCUT2D eigenvalue weighted by atomic mass is 32.2. The number of hydrogen-bond donors (Lipinski definition) is 2. The van der Waals surface area contributed by atoms with E-state index in [0.29, 0.717) is 5.75 Å². The molecular formula is C17H20N3O4S2+. The Morgan fingerprint density at radius 1 is 1.50 bits per heavy atom. The Labute approximate surface area is 158 Å². The number of carboxylic acids is 1. The average molecular weight is 394 g/mol. The number of thiazole rings is 1. The first-order valence-corrected chi connectivity index (χ1v) is 10.2. The molecule has 0 bridgehead atoms. The lowest BCUT2D eigenvalue weighted by Crippen LogP contribution is -2.63. The third-order valence-electron chi connectivity index (χ3n) is 5.24. The van der Waals surface area contributed by atoms with Crippen LogP contribution >= 0.6 is 23.1 Å². The zero-order valence-electron chi connectivity index (χ0n) is 14.6. The Kier molecular flexibility index (Phi) is 4.13. The molecule has 26 heavy (non-hydrogen) atoms.